The summed E-state index contributed by atoms with van der Waals surface area (Å²) in [5, 5.41) is 3.62. The summed E-state index contributed by atoms with van der Waals surface area (Å²) in [4.78, 5) is 9.13. The van der Waals surface area contributed by atoms with Crippen molar-refractivity contribution in [3.63, 3.8) is 0 Å². The van der Waals surface area contributed by atoms with Crippen molar-refractivity contribution in [3.05, 3.63) is 139 Å². The maximum Gasteiger partial charge on any atom is 0.120 e. The van der Waals surface area contributed by atoms with Crippen molar-refractivity contribution < 1.29 is 24.5 Å². The molecule has 0 aliphatic carbocycles. The van der Waals surface area contributed by atoms with Crippen LogP contribution in [0.15, 0.2) is 126 Å². The third kappa shape index (κ3) is 6.76. The number of benzene rings is 4. The van der Waals surface area contributed by atoms with Gasteiger partial charge in [-0.25, -0.2) is 0 Å². The second kappa shape index (κ2) is 13.0. The van der Waals surface area contributed by atoms with Crippen molar-refractivity contribution in [3.8, 4) is 33.6 Å². The predicted octanol–water partition coefficient (Wildman–Crippen LogP) is 9.52. The summed E-state index contributed by atoms with van der Waals surface area (Å²) >= 11 is 0. The predicted molar refractivity (Wildman–Crippen MR) is 177 cm³/mol. The average molecular weight is 753 g/mol. The molecule has 3 nitrogen and oxygen atoms in total. The van der Waals surface area contributed by atoms with Crippen LogP contribution >= 0.6 is 0 Å². The minimum atomic E-state index is -1.29. The van der Waals surface area contributed by atoms with Gasteiger partial charge in [0.25, 0.3) is 0 Å². The first-order valence-electron chi connectivity index (χ1n) is 14.2. The van der Waals surface area contributed by atoms with E-state index in [-0.39, 0.29) is 20.1 Å². The van der Waals surface area contributed by atoms with Crippen LogP contribution in [-0.4, -0.2) is 18.0 Å². The zero-order valence-corrected chi connectivity index (χ0v) is 28.1. The Bertz CT molecular complexity index is 1960. The van der Waals surface area contributed by atoms with Gasteiger partial charge in [0.05, 0.1) is 13.7 Å². The zero-order chi connectivity index (χ0) is 29.1. The number of aryl methyl sites for hydroxylation is 1. The Balaban J connectivity index is 0.000000168. The molecule has 0 unspecified atom stereocenters. The summed E-state index contributed by atoms with van der Waals surface area (Å²) in [6, 6.07) is 43.6. The number of furan rings is 1. The number of nitrogens with zero attached hydrogens (tertiary/aromatic N) is 2. The molecule has 5 heteroatoms. The van der Waals surface area contributed by atoms with Crippen molar-refractivity contribution in [1.29, 1.82) is 0 Å². The van der Waals surface area contributed by atoms with E-state index < -0.39 is 8.07 Å². The standard InChI is InChI=1S/C20H20NSi.C18H12NO.Ir/c1-22(2,3)19-12-13-20(21-15-19)18-11-7-10-17(14-18)16-8-5-4-6-9-16;1-12-9-10-16(19-11-12)15-7-4-6-14-13-5-2-3-8-17(13)20-18(14)15;/h4-10,12-15H,1-3H3;2-6,8-11H,1H3;/q2*-1;. The van der Waals surface area contributed by atoms with Crippen LogP contribution in [0.5, 0.6) is 0 Å². The second-order valence-electron chi connectivity index (χ2n) is 11.5. The summed E-state index contributed by atoms with van der Waals surface area (Å²) < 4.78 is 6.00. The van der Waals surface area contributed by atoms with Gasteiger partial charge in [-0.05, 0) is 40.7 Å². The van der Waals surface area contributed by atoms with Crippen molar-refractivity contribution in [2.45, 2.75) is 26.6 Å². The first-order chi connectivity index (χ1) is 20.4. The maximum absolute atomic E-state index is 6.00. The van der Waals surface area contributed by atoms with Crippen molar-refractivity contribution in [2.75, 3.05) is 0 Å². The number of aromatic nitrogens is 2. The van der Waals surface area contributed by atoms with Crippen LogP contribution in [-0.2, 0) is 20.1 Å². The summed E-state index contributed by atoms with van der Waals surface area (Å²) in [7, 11) is -1.29. The number of para-hydroxylation sites is 1. The molecule has 215 valence electrons. The summed E-state index contributed by atoms with van der Waals surface area (Å²) in [5.41, 5.74) is 9.15. The quantitative estimate of drug-likeness (QED) is 0.133. The molecule has 0 saturated carbocycles. The molecule has 7 rings (SSSR count). The minimum Gasteiger partial charge on any atom is -0.501 e. The third-order valence-electron chi connectivity index (χ3n) is 7.32. The molecular weight excluding hydrogens is 721 g/mol. The summed E-state index contributed by atoms with van der Waals surface area (Å²) in [6.07, 6.45) is 3.90. The molecule has 3 heterocycles. The molecular formula is C38H32IrN2OSi-2. The van der Waals surface area contributed by atoms with Crippen LogP contribution in [0.25, 0.3) is 55.6 Å². The number of fused-ring (bicyclic) bond motifs is 3. The van der Waals surface area contributed by atoms with E-state index in [1.54, 1.807) is 0 Å². The Morgan fingerprint density at radius 2 is 1.37 bits per heavy atom. The molecule has 0 N–H and O–H groups in total. The average Bonchev–Trinajstić information content (AvgIpc) is 3.41. The monoisotopic (exact) mass is 753 g/mol. The van der Waals surface area contributed by atoms with E-state index in [9.17, 15) is 0 Å². The fourth-order valence-corrected chi connectivity index (χ4v) is 5.95. The normalized spacial score (nSPS) is 11.1. The van der Waals surface area contributed by atoms with Crippen molar-refractivity contribution >= 4 is 35.2 Å². The molecule has 43 heavy (non-hydrogen) atoms. The maximum atomic E-state index is 6.00. The first kappa shape index (κ1) is 30.3. The van der Waals surface area contributed by atoms with Gasteiger partial charge in [-0.15, -0.1) is 53.6 Å². The van der Waals surface area contributed by atoms with Gasteiger partial charge in [-0.1, -0.05) is 103 Å². The van der Waals surface area contributed by atoms with E-state index in [1.807, 2.05) is 67.8 Å². The molecule has 4 aromatic carbocycles. The van der Waals surface area contributed by atoms with Crippen LogP contribution < -0.4 is 5.19 Å². The number of hydrogen-bond donors (Lipinski definition) is 0. The number of rotatable bonds is 4. The van der Waals surface area contributed by atoms with Crippen LogP contribution in [0.3, 0.4) is 0 Å². The van der Waals surface area contributed by atoms with E-state index in [4.69, 9.17) is 4.42 Å². The van der Waals surface area contributed by atoms with E-state index in [2.05, 4.69) is 102 Å². The van der Waals surface area contributed by atoms with Gasteiger partial charge in [0.1, 0.15) is 5.58 Å². The zero-order valence-electron chi connectivity index (χ0n) is 24.7. The SMILES string of the molecule is C[Si](C)(C)c1ccc(-c2[c-]ccc(-c3ccccc3)c2)nc1.Cc1ccc(-c2[c-]ccc3c2oc2ccccc23)nc1.[Ir]. The molecule has 1 radical (unpaired) electrons. The Kier molecular flexibility index (Phi) is 9.17. The van der Waals surface area contributed by atoms with E-state index in [1.165, 1.54) is 16.3 Å². The van der Waals surface area contributed by atoms with Gasteiger partial charge in [-0.3, -0.25) is 0 Å². The Morgan fingerprint density at radius 3 is 2.09 bits per heavy atom. The molecule has 0 spiro atoms. The van der Waals surface area contributed by atoms with E-state index >= 15 is 0 Å². The smallest absolute Gasteiger partial charge is 0.120 e. The fourth-order valence-electron chi connectivity index (χ4n) is 4.92. The van der Waals surface area contributed by atoms with Crippen LogP contribution in [0.4, 0.5) is 0 Å². The van der Waals surface area contributed by atoms with Gasteiger partial charge in [0, 0.05) is 37.9 Å². The van der Waals surface area contributed by atoms with E-state index in [0.29, 0.717) is 0 Å². The van der Waals surface area contributed by atoms with Crippen LogP contribution in [0, 0.1) is 19.1 Å². The molecule has 0 saturated heterocycles. The largest absolute Gasteiger partial charge is 0.501 e. The van der Waals surface area contributed by atoms with Gasteiger partial charge in [0.15, 0.2) is 0 Å². The fraction of sp³-hybridized carbons (Fsp3) is 0.105. The molecule has 0 fully saturated rings. The molecule has 0 atom stereocenters. The molecule has 7 aromatic rings. The number of hydrogen-bond acceptors (Lipinski definition) is 3. The van der Waals surface area contributed by atoms with Crippen molar-refractivity contribution in [1.82, 2.24) is 9.97 Å². The Labute approximate surface area is 268 Å². The van der Waals surface area contributed by atoms with Gasteiger partial charge < -0.3 is 14.4 Å². The number of pyridine rings is 2. The topological polar surface area (TPSA) is 38.9 Å². The molecule has 0 aliphatic rings. The Hall–Kier alpha value is -4.15. The molecule has 0 bridgehead atoms. The Morgan fingerprint density at radius 1 is 0.651 bits per heavy atom. The van der Waals surface area contributed by atoms with Crippen LogP contribution in [0.1, 0.15) is 5.56 Å². The summed E-state index contributed by atoms with van der Waals surface area (Å²) in [6.45, 7) is 9.05. The van der Waals surface area contributed by atoms with Gasteiger partial charge >= 0.3 is 0 Å². The van der Waals surface area contributed by atoms with Gasteiger partial charge in [-0.2, -0.15) is 0 Å². The molecule has 0 amide bonds. The summed E-state index contributed by atoms with van der Waals surface area (Å²) in [5.74, 6) is 0. The second-order valence-corrected chi connectivity index (χ2v) is 16.5. The first-order valence-corrected chi connectivity index (χ1v) is 17.7. The van der Waals surface area contributed by atoms with Crippen molar-refractivity contribution in [2.24, 2.45) is 0 Å². The molecule has 3 aromatic heterocycles. The minimum absolute atomic E-state index is 0. The van der Waals surface area contributed by atoms with E-state index in [0.717, 1.165) is 50.0 Å². The third-order valence-corrected chi connectivity index (χ3v) is 9.35. The van der Waals surface area contributed by atoms with Gasteiger partial charge in [0.2, 0.25) is 0 Å². The molecule has 0 aliphatic heterocycles. The van der Waals surface area contributed by atoms with Crippen LogP contribution in [0.2, 0.25) is 19.6 Å².